The second-order valence-electron chi connectivity index (χ2n) is 9.85. The molecule has 37 heavy (non-hydrogen) atoms. The molecule has 5 rings (SSSR count). The van der Waals surface area contributed by atoms with Crippen LogP contribution in [0.25, 0.3) is 22.1 Å². The Morgan fingerprint density at radius 1 is 1.11 bits per heavy atom. The molecule has 0 saturated carbocycles. The van der Waals surface area contributed by atoms with Crippen LogP contribution in [0.3, 0.4) is 0 Å². The first-order valence-corrected chi connectivity index (χ1v) is 13.2. The number of hydrogen-bond acceptors (Lipinski definition) is 6. The molecule has 0 bridgehead atoms. The highest BCUT2D eigenvalue weighted by atomic mass is 16.1. The lowest BCUT2D eigenvalue weighted by atomic mass is 9.98. The van der Waals surface area contributed by atoms with Crippen LogP contribution in [0.2, 0.25) is 0 Å². The van der Waals surface area contributed by atoms with Crippen LogP contribution < -0.4 is 10.5 Å². The van der Waals surface area contributed by atoms with E-state index in [2.05, 4.69) is 47.4 Å². The lowest BCUT2D eigenvalue weighted by Crippen LogP contribution is -2.59. The third-order valence-electron chi connectivity index (χ3n) is 7.74. The fourth-order valence-corrected chi connectivity index (χ4v) is 5.50. The molecule has 4 aromatic rings. The molecule has 0 radical (unpaired) electrons. The van der Waals surface area contributed by atoms with Gasteiger partial charge in [-0.15, -0.1) is 5.92 Å². The zero-order valence-electron chi connectivity index (χ0n) is 22.3. The zero-order chi connectivity index (χ0) is 26.1. The molecule has 1 aliphatic heterocycles. The summed E-state index contributed by atoms with van der Waals surface area (Å²) in [7, 11) is 1.81. The predicted octanol–water partition coefficient (Wildman–Crippen LogP) is 4.14. The molecule has 3 atom stereocenters. The molecular weight excluding hydrogens is 462 g/mol. The standard InChI is InChI=1S/C29H35N7O/c1-6-9-14-34-19-27-29(32-34)26(15-28(37)33(27)5)36-18-21(7-2)35(17-22(36)8-3)20(4)25-16-30-23-12-10-11-13-24(23)31-25/h10-13,15-16,19-22H,7-8,14,17-18H2,1-5H3/t20-,21-,22+/m1/s1. The van der Waals surface area contributed by atoms with Gasteiger partial charge in [0.05, 0.1) is 46.4 Å². The van der Waals surface area contributed by atoms with Gasteiger partial charge >= 0.3 is 0 Å². The molecular formula is C29H35N7O. The van der Waals surface area contributed by atoms with Crippen LogP contribution in [0.4, 0.5) is 5.69 Å². The van der Waals surface area contributed by atoms with E-state index in [1.54, 1.807) is 10.6 Å². The number of aryl methyl sites for hydroxylation is 1. The Morgan fingerprint density at radius 2 is 1.86 bits per heavy atom. The van der Waals surface area contributed by atoms with Crippen LogP contribution >= 0.6 is 0 Å². The lowest BCUT2D eigenvalue weighted by Gasteiger charge is -2.49. The molecule has 0 N–H and O–H groups in total. The molecule has 0 amide bonds. The largest absolute Gasteiger partial charge is 0.364 e. The van der Waals surface area contributed by atoms with Crippen molar-refractivity contribution in [3.05, 3.63) is 58.8 Å². The van der Waals surface area contributed by atoms with E-state index in [9.17, 15) is 4.79 Å². The van der Waals surface area contributed by atoms with Crippen LogP contribution in [0.1, 0.15) is 52.3 Å². The number of pyridine rings is 1. The van der Waals surface area contributed by atoms with Crippen LogP contribution in [0.15, 0.2) is 47.5 Å². The molecule has 0 aliphatic carbocycles. The Balaban J connectivity index is 1.50. The average molecular weight is 498 g/mol. The van der Waals surface area contributed by atoms with Crippen molar-refractivity contribution in [2.75, 3.05) is 18.0 Å². The van der Waals surface area contributed by atoms with Crippen molar-refractivity contribution in [2.45, 2.75) is 65.2 Å². The van der Waals surface area contributed by atoms with Gasteiger partial charge in [-0.2, -0.15) is 5.10 Å². The summed E-state index contributed by atoms with van der Waals surface area (Å²) in [5.74, 6) is 6.00. The second kappa shape index (κ2) is 10.3. The molecule has 1 saturated heterocycles. The summed E-state index contributed by atoms with van der Waals surface area (Å²) in [6.45, 7) is 10.7. The number of anilines is 1. The molecule has 4 heterocycles. The van der Waals surface area contributed by atoms with Gasteiger partial charge in [0.15, 0.2) is 0 Å². The number of para-hydroxylation sites is 2. The van der Waals surface area contributed by atoms with E-state index >= 15 is 0 Å². The summed E-state index contributed by atoms with van der Waals surface area (Å²) in [6, 6.07) is 10.5. The van der Waals surface area contributed by atoms with Gasteiger partial charge in [-0.25, -0.2) is 4.98 Å². The van der Waals surface area contributed by atoms with Crippen molar-refractivity contribution in [1.29, 1.82) is 0 Å². The van der Waals surface area contributed by atoms with Gasteiger partial charge < -0.3 is 9.47 Å². The number of hydrogen-bond donors (Lipinski definition) is 0. The SMILES string of the molecule is CC#CCn1cc2c(n1)c(N1C[C@@H](CC)N([C@H](C)c3cnc4ccccc4n3)C[C@@H]1CC)cc(=O)n2C. The maximum absolute atomic E-state index is 13.0. The number of aromatic nitrogens is 5. The normalized spacial score (nSPS) is 19.2. The van der Waals surface area contributed by atoms with Crippen molar-refractivity contribution in [3.63, 3.8) is 0 Å². The first kappa shape index (κ1) is 25.0. The molecule has 192 valence electrons. The van der Waals surface area contributed by atoms with Gasteiger partial charge in [0, 0.05) is 38.3 Å². The Labute approximate surface area is 217 Å². The molecule has 1 fully saturated rings. The molecule has 8 heteroatoms. The van der Waals surface area contributed by atoms with Gasteiger partial charge in [0.1, 0.15) is 12.1 Å². The monoisotopic (exact) mass is 497 g/mol. The zero-order valence-corrected chi connectivity index (χ0v) is 22.3. The fourth-order valence-electron chi connectivity index (χ4n) is 5.50. The van der Waals surface area contributed by atoms with Crippen molar-refractivity contribution in [3.8, 4) is 11.8 Å². The number of benzene rings is 1. The third-order valence-corrected chi connectivity index (χ3v) is 7.74. The molecule has 1 aromatic carbocycles. The average Bonchev–Trinajstić information content (AvgIpc) is 3.37. The van der Waals surface area contributed by atoms with Crippen LogP contribution in [0, 0.1) is 11.8 Å². The van der Waals surface area contributed by atoms with Crippen molar-refractivity contribution < 1.29 is 0 Å². The van der Waals surface area contributed by atoms with E-state index in [0.29, 0.717) is 12.6 Å². The number of rotatable bonds is 6. The predicted molar refractivity (Wildman–Crippen MR) is 149 cm³/mol. The van der Waals surface area contributed by atoms with Crippen molar-refractivity contribution in [2.24, 2.45) is 7.05 Å². The molecule has 3 aromatic heterocycles. The Bertz CT molecular complexity index is 1540. The maximum Gasteiger partial charge on any atom is 0.252 e. The summed E-state index contributed by atoms with van der Waals surface area (Å²) in [5, 5.41) is 4.86. The highest BCUT2D eigenvalue weighted by Gasteiger charge is 2.36. The van der Waals surface area contributed by atoms with E-state index in [4.69, 9.17) is 10.1 Å². The Kier molecular flexibility index (Phi) is 6.98. The van der Waals surface area contributed by atoms with Gasteiger partial charge in [0.2, 0.25) is 0 Å². The highest BCUT2D eigenvalue weighted by Crippen LogP contribution is 2.34. The van der Waals surface area contributed by atoms with Crippen molar-refractivity contribution >= 4 is 27.8 Å². The smallest absolute Gasteiger partial charge is 0.252 e. The third kappa shape index (κ3) is 4.60. The topological polar surface area (TPSA) is 72.1 Å². The summed E-state index contributed by atoms with van der Waals surface area (Å²) < 4.78 is 3.51. The highest BCUT2D eigenvalue weighted by molar-refractivity contribution is 5.88. The maximum atomic E-state index is 13.0. The van der Waals surface area contributed by atoms with Crippen LogP contribution in [0.5, 0.6) is 0 Å². The molecule has 1 aliphatic rings. The summed E-state index contributed by atoms with van der Waals surface area (Å²) in [6.07, 6.45) is 5.80. The second-order valence-corrected chi connectivity index (χ2v) is 9.85. The van der Waals surface area contributed by atoms with E-state index in [0.717, 1.165) is 59.4 Å². The summed E-state index contributed by atoms with van der Waals surface area (Å²) >= 11 is 0. The fraction of sp³-hybridized carbons (Fsp3) is 0.448. The molecule has 0 unspecified atom stereocenters. The number of nitrogens with zero attached hydrogens (tertiary/aromatic N) is 7. The van der Waals surface area contributed by atoms with Crippen molar-refractivity contribution in [1.82, 2.24) is 29.2 Å². The number of fused-ring (bicyclic) bond motifs is 2. The van der Waals surface area contributed by atoms with E-state index in [-0.39, 0.29) is 17.6 Å². The van der Waals surface area contributed by atoms with Gasteiger partial charge in [-0.1, -0.05) is 31.9 Å². The first-order chi connectivity index (χ1) is 17.9. The first-order valence-electron chi connectivity index (χ1n) is 13.2. The van der Waals surface area contributed by atoms with E-state index in [1.165, 1.54) is 0 Å². The molecule has 0 spiro atoms. The minimum Gasteiger partial charge on any atom is -0.364 e. The summed E-state index contributed by atoms with van der Waals surface area (Å²) in [4.78, 5) is 27.6. The summed E-state index contributed by atoms with van der Waals surface area (Å²) in [5.41, 5.74) is 5.43. The lowest BCUT2D eigenvalue weighted by molar-refractivity contribution is 0.0991. The number of piperazine rings is 1. The van der Waals surface area contributed by atoms with Gasteiger partial charge in [-0.05, 0) is 38.8 Å². The van der Waals surface area contributed by atoms with Gasteiger partial charge in [0.25, 0.3) is 5.56 Å². The Hall–Kier alpha value is -3.70. The minimum atomic E-state index is -0.0197. The van der Waals surface area contributed by atoms with Crippen LogP contribution in [-0.2, 0) is 13.6 Å². The van der Waals surface area contributed by atoms with E-state index < -0.39 is 0 Å². The minimum absolute atomic E-state index is 0.0197. The Morgan fingerprint density at radius 3 is 2.59 bits per heavy atom. The van der Waals surface area contributed by atoms with Crippen LogP contribution in [-0.4, -0.2) is 54.4 Å². The van der Waals surface area contributed by atoms with E-state index in [1.807, 2.05) is 55.3 Å². The van der Waals surface area contributed by atoms with Gasteiger partial charge in [-0.3, -0.25) is 19.4 Å². The quantitative estimate of drug-likeness (QED) is 0.373. The molecule has 8 nitrogen and oxygen atoms in total.